The maximum absolute atomic E-state index is 10.3. The van der Waals surface area contributed by atoms with Crippen molar-refractivity contribution >= 4 is 18.1 Å². The molecule has 74 valence electrons. The fourth-order valence-electron chi connectivity index (χ4n) is 1.15. The summed E-state index contributed by atoms with van der Waals surface area (Å²) in [5.41, 5.74) is 1.48. The third kappa shape index (κ3) is 3.26. The predicted octanol–water partition coefficient (Wildman–Crippen LogP) is 1.91. The first-order valence-corrected chi connectivity index (χ1v) is 4.25. The molecule has 1 rings (SSSR count). The van der Waals surface area contributed by atoms with Crippen LogP contribution in [0.2, 0.25) is 0 Å². The molecule has 0 aliphatic rings. The van der Waals surface area contributed by atoms with Crippen LogP contribution in [-0.2, 0) is 11.2 Å². The van der Waals surface area contributed by atoms with E-state index in [0.717, 1.165) is 11.8 Å². The van der Waals surface area contributed by atoms with E-state index < -0.39 is 6.09 Å². The van der Waals surface area contributed by atoms with Gasteiger partial charge in [-0.1, -0.05) is 12.1 Å². The van der Waals surface area contributed by atoms with Gasteiger partial charge in [-0.05, 0) is 24.1 Å². The minimum absolute atomic E-state index is 0.455. The molecule has 0 aliphatic carbocycles. The maximum Gasteiger partial charge on any atom is 0.409 e. The van der Waals surface area contributed by atoms with E-state index >= 15 is 0 Å². The van der Waals surface area contributed by atoms with E-state index in [-0.39, 0.29) is 0 Å². The number of hydrogen-bond donors (Lipinski definition) is 2. The Kier molecular flexibility index (Phi) is 3.67. The third-order valence-electron chi connectivity index (χ3n) is 1.73. The fourth-order valence-corrected chi connectivity index (χ4v) is 1.15. The van der Waals surface area contributed by atoms with Gasteiger partial charge in [0.05, 0.1) is 0 Å². The first-order chi connectivity index (χ1) is 6.72. The van der Waals surface area contributed by atoms with Crippen molar-refractivity contribution in [3.8, 4) is 0 Å². The lowest BCUT2D eigenvalue weighted by Crippen LogP contribution is -2.07. The van der Waals surface area contributed by atoms with Crippen molar-refractivity contribution in [3.63, 3.8) is 0 Å². The first kappa shape index (κ1) is 10.2. The Bertz CT molecular complexity index is 336. The topological polar surface area (TPSA) is 66.4 Å². The number of nitrogens with one attached hydrogen (secondary N) is 1. The van der Waals surface area contributed by atoms with Gasteiger partial charge < -0.3 is 9.90 Å². The summed E-state index contributed by atoms with van der Waals surface area (Å²) < 4.78 is 0. The normalized spacial score (nSPS) is 9.43. The van der Waals surface area contributed by atoms with E-state index in [2.05, 4.69) is 5.32 Å². The van der Waals surface area contributed by atoms with E-state index in [9.17, 15) is 9.59 Å². The van der Waals surface area contributed by atoms with Gasteiger partial charge in [-0.25, -0.2) is 4.79 Å². The standard InChI is InChI=1S/C10H11NO3/c12-6-2-4-8-3-1-5-9(7-8)11-10(13)14/h1,3,5-7,11H,2,4H2,(H,13,14). The summed E-state index contributed by atoms with van der Waals surface area (Å²) in [6.45, 7) is 0. The average molecular weight is 193 g/mol. The van der Waals surface area contributed by atoms with Crippen LogP contribution in [-0.4, -0.2) is 17.5 Å². The van der Waals surface area contributed by atoms with Crippen LogP contribution in [0.5, 0.6) is 0 Å². The number of anilines is 1. The zero-order chi connectivity index (χ0) is 10.4. The molecule has 0 saturated carbocycles. The van der Waals surface area contributed by atoms with Gasteiger partial charge in [0.25, 0.3) is 0 Å². The lowest BCUT2D eigenvalue weighted by molar-refractivity contribution is -0.107. The molecule has 4 heteroatoms. The van der Waals surface area contributed by atoms with E-state index in [1.807, 2.05) is 6.07 Å². The highest BCUT2D eigenvalue weighted by molar-refractivity contribution is 5.82. The molecule has 1 aromatic carbocycles. The van der Waals surface area contributed by atoms with Gasteiger partial charge in [0.15, 0.2) is 0 Å². The van der Waals surface area contributed by atoms with Gasteiger partial charge in [-0.3, -0.25) is 5.32 Å². The number of carboxylic acid groups (broad SMARTS) is 1. The highest BCUT2D eigenvalue weighted by Crippen LogP contribution is 2.11. The van der Waals surface area contributed by atoms with Crippen molar-refractivity contribution in [1.29, 1.82) is 0 Å². The summed E-state index contributed by atoms with van der Waals surface area (Å²) in [5.74, 6) is 0. The number of hydrogen-bond acceptors (Lipinski definition) is 2. The van der Waals surface area contributed by atoms with Crippen LogP contribution in [0.3, 0.4) is 0 Å². The highest BCUT2D eigenvalue weighted by Gasteiger charge is 1.98. The lowest BCUT2D eigenvalue weighted by Gasteiger charge is -2.02. The summed E-state index contributed by atoms with van der Waals surface area (Å²) in [6.07, 6.45) is 0.851. The highest BCUT2D eigenvalue weighted by atomic mass is 16.4. The number of amides is 1. The molecule has 0 heterocycles. The van der Waals surface area contributed by atoms with Crippen LogP contribution >= 0.6 is 0 Å². The maximum atomic E-state index is 10.3. The summed E-state index contributed by atoms with van der Waals surface area (Å²) in [6, 6.07) is 7.00. The van der Waals surface area contributed by atoms with Crippen molar-refractivity contribution in [2.75, 3.05) is 5.32 Å². The molecule has 0 saturated heterocycles. The van der Waals surface area contributed by atoms with Gasteiger partial charge in [-0.2, -0.15) is 0 Å². The number of aldehydes is 1. The van der Waals surface area contributed by atoms with Crippen LogP contribution in [0.15, 0.2) is 24.3 Å². The van der Waals surface area contributed by atoms with Crippen molar-refractivity contribution in [1.82, 2.24) is 0 Å². The molecule has 0 unspecified atom stereocenters. The molecular formula is C10H11NO3. The Morgan fingerprint density at radius 2 is 2.29 bits per heavy atom. The molecular weight excluding hydrogens is 182 g/mol. The molecule has 1 aromatic rings. The summed E-state index contributed by atoms with van der Waals surface area (Å²) >= 11 is 0. The number of carbonyl (C=O) groups is 2. The van der Waals surface area contributed by atoms with Crippen molar-refractivity contribution in [3.05, 3.63) is 29.8 Å². The van der Waals surface area contributed by atoms with E-state index in [1.54, 1.807) is 18.2 Å². The van der Waals surface area contributed by atoms with Gasteiger partial charge >= 0.3 is 6.09 Å². The second-order valence-electron chi connectivity index (χ2n) is 2.84. The Morgan fingerprint density at radius 3 is 2.93 bits per heavy atom. The minimum Gasteiger partial charge on any atom is -0.465 e. The van der Waals surface area contributed by atoms with Crippen LogP contribution in [0, 0.1) is 0 Å². The Hall–Kier alpha value is -1.84. The monoisotopic (exact) mass is 193 g/mol. The predicted molar refractivity (Wildman–Crippen MR) is 52.5 cm³/mol. The van der Waals surface area contributed by atoms with Gasteiger partial charge in [0, 0.05) is 12.1 Å². The van der Waals surface area contributed by atoms with Crippen LogP contribution in [0.1, 0.15) is 12.0 Å². The Labute approximate surface area is 81.6 Å². The summed E-state index contributed by atoms with van der Waals surface area (Å²) in [7, 11) is 0. The lowest BCUT2D eigenvalue weighted by atomic mass is 10.1. The molecule has 0 atom stereocenters. The van der Waals surface area contributed by atoms with Gasteiger partial charge in [0.1, 0.15) is 6.29 Å². The SMILES string of the molecule is O=CCCc1cccc(NC(=O)O)c1. The minimum atomic E-state index is -1.09. The first-order valence-electron chi connectivity index (χ1n) is 4.25. The molecule has 0 radical (unpaired) electrons. The molecule has 1 amide bonds. The molecule has 0 bridgehead atoms. The van der Waals surface area contributed by atoms with Crippen LogP contribution in [0.25, 0.3) is 0 Å². The summed E-state index contributed by atoms with van der Waals surface area (Å²) in [4.78, 5) is 20.5. The smallest absolute Gasteiger partial charge is 0.409 e. The second kappa shape index (κ2) is 5.01. The van der Waals surface area contributed by atoms with E-state index in [1.165, 1.54) is 0 Å². The summed E-state index contributed by atoms with van der Waals surface area (Å²) in [5, 5.41) is 10.7. The Morgan fingerprint density at radius 1 is 1.50 bits per heavy atom. The van der Waals surface area contributed by atoms with Crippen molar-refractivity contribution in [2.24, 2.45) is 0 Å². The van der Waals surface area contributed by atoms with Crippen LogP contribution in [0.4, 0.5) is 10.5 Å². The quantitative estimate of drug-likeness (QED) is 0.718. The largest absolute Gasteiger partial charge is 0.465 e. The molecule has 0 aliphatic heterocycles. The average Bonchev–Trinajstić information content (AvgIpc) is 2.14. The molecule has 4 nitrogen and oxygen atoms in total. The van der Waals surface area contributed by atoms with Crippen LogP contribution < -0.4 is 5.32 Å². The molecule has 0 spiro atoms. The van der Waals surface area contributed by atoms with Crippen molar-refractivity contribution in [2.45, 2.75) is 12.8 Å². The molecule has 0 fully saturated rings. The third-order valence-corrected chi connectivity index (χ3v) is 1.73. The number of aryl methyl sites for hydroxylation is 1. The van der Waals surface area contributed by atoms with Gasteiger partial charge in [-0.15, -0.1) is 0 Å². The molecule has 14 heavy (non-hydrogen) atoms. The molecule has 2 N–H and O–H groups in total. The number of rotatable bonds is 4. The molecule has 0 aromatic heterocycles. The second-order valence-corrected chi connectivity index (χ2v) is 2.84. The number of carbonyl (C=O) groups excluding carboxylic acids is 1. The van der Waals surface area contributed by atoms with E-state index in [0.29, 0.717) is 18.5 Å². The van der Waals surface area contributed by atoms with E-state index in [4.69, 9.17) is 5.11 Å². The fraction of sp³-hybridized carbons (Fsp3) is 0.200. The Balaban J connectivity index is 2.68. The zero-order valence-electron chi connectivity index (χ0n) is 7.56. The number of benzene rings is 1. The van der Waals surface area contributed by atoms with Crippen molar-refractivity contribution < 1.29 is 14.7 Å². The zero-order valence-corrected chi connectivity index (χ0v) is 7.56. The van der Waals surface area contributed by atoms with Gasteiger partial charge in [0.2, 0.25) is 0 Å².